The lowest BCUT2D eigenvalue weighted by Crippen LogP contribution is -2.36. The van der Waals surface area contributed by atoms with Gasteiger partial charge in [-0.3, -0.25) is 4.79 Å². The van der Waals surface area contributed by atoms with Crippen molar-refractivity contribution in [3.8, 4) is 0 Å². The lowest BCUT2D eigenvalue weighted by atomic mass is 9.96. The van der Waals surface area contributed by atoms with Crippen LogP contribution in [0.3, 0.4) is 0 Å². The number of nitrogens with one attached hydrogen (secondary N) is 1. The lowest BCUT2D eigenvalue weighted by Gasteiger charge is -2.17. The standard InChI is InChI=1S/C15H23BrN2O/c1-3-13(15(19)18-10-11(2)9-17)7-12-5-4-6-14(16)8-12/h4-6,8,11,13H,3,7,9-10,17H2,1-2H3,(H,18,19). The predicted octanol–water partition coefficient (Wildman–Crippen LogP) is 2.73. The molecule has 3 nitrogen and oxygen atoms in total. The second-order valence-electron chi connectivity index (χ2n) is 5.03. The number of carbonyl (C=O) groups excluding carboxylic acids is 1. The molecule has 4 heteroatoms. The van der Waals surface area contributed by atoms with Gasteiger partial charge in [-0.2, -0.15) is 0 Å². The van der Waals surface area contributed by atoms with Crippen LogP contribution in [0.2, 0.25) is 0 Å². The molecule has 1 rings (SSSR count). The van der Waals surface area contributed by atoms with Crippen molar-refractivity contribution < 1.29 is 4.79 Å². The van der Waals surface area contributed by atoms with Crippen LogP contribution in [0.4, 0.5) is 0 Å². The van der Waals surface area contributed by atoms with Crippen molar-refractivity contribution in [2.24, 2.45) is 17.6 Å². The van der Waals surface area contributed by atoms with Crippen LogP contribution in [0.5, 0.6) is 0 Å². The van der Waals surface area contributed by atoms with E-state index in [-0.39, 0.29) is 11.8 Å². The Morgan fingerprint density at radius 2 is 2.21 bits per heavy atom. The van der Waals surface area contributed by atoms with Crippen molar-refractivity contribution in [1.29, 1.82) is 0 Å². The molecule has 1 amide bonds. The molecule has 0 spiro atoms. The summed E-state index contributed by atoms with van der Waals surface area (Å²) in [7, 11) is 0. The van der Waals surface area contributed by atoms with Gasteiger partial charge in [-0.1, -0.05) is 41.9 Å². The second kappa shape index (κ2) is 8.33. The second-order valence-corrected chi connectivity index (χ2v) is 5.94. The zero-order chi connectivity index (χ0) is 14.3. The van der Waals surface area contributed by atoms with Gasteiger partial charge in [-0.25, -0.2) is 0 Å². The van der Waals surface area contributed by atoms with Crippen molar-refractivity contribution in [2.45, 2.75) is 26.7 Å². The maximum absolute atomic E-state index is 12.1. The summed E-state index contributed by atoms with van der Waals surface area (Å²) in [5, 5.41) is 2.99. The van der Waals surface area contributed by atoms with Crippen molar-refractivity contribution in [1.82, 2.24) is 5.32 Å². The largest absolute Gasteiger partial charge is 0.356 e. The van der Waals surface area contributed by atoms with E-state index in [9.17, 15) is 4.79 Å². The topological polar surface area (TPSA) is 55.1 Å². The summed E-state index contributed by atoms with van der Waals surface area (Å²) in [5.41, 5.74) is 6.73. The zero-order valence-corrected chi connectivity index (χ0v) is 13.2. The van der Waals surface area contributed by atoms with Crippen molar-refractivity contribution in [2.75, 3.05) is 13.1 Å². The quantitative estimate of drug-likeness (QED) is 0.809. The molecule has 1 aromatic carbocycles. The smallest absolute Gasteiger partial charge is 0.223 e. The Balaban J connectivity index is 2.55. The number of benzene rings is 1. The lowest BCUT2D eigenvalue weighted by molar-refractivity contribution is -0.125. The number of carbonyl (C=O) groups is 1. The van der Waals surface area contributed by atoms with Crippen LogP contribution in [-0.2, 0) is 11.2 Å². The van der Waals surface area contributed by atoms with Crippen LogP contribution in [0.1, 0.15) is 25.8 Å². The van der Waals surface area contributed by atoms with E-state index >= 15 is 0 Å². The summed E-state index contributed by atoms with van der Waals surface area (Å²) in [5.74, 6) is 0.481. The molecular weight excluding hydrogens is 304 g/mol. The van der Waals surface area contributed by atoms with Crippen LogP contribution in [0.15, 0.2) is 28.7 Å². The van der Waals surface area contributed by atoms with Crippen molar-refractivity contribution in [3.63, 3.8) is 0 Å². The number of nitrogens with two attached hydrogens (primary N) is 1. The molecule has 3 N–H and O–H groups in total. The summed E-state index contributed by atoms with van der Waals surface area (Å²) < 4.78 is 1.05. The molecule has 0 saturated carbocycles. The first-order valence-corrected chi connectivity index (χ1v) is 7.58. The van der Waals surface area contributed by atoms with E-state index in [1.165, 1.54) is 5.56 Å². The van der Waals surface area contributed by atoms with Crippen LogP contribution in [0.25, 0.3) is 0 Å². The van der Waals surface area contributed by atoms with Gasteiger partial charge in [0.2, 0.25) is 5.91 Å². The fourth-order valence-corrected chi connectivity index (χ4v) is 2.32. The molecule has 1 aromatic rings. The van der Waals surface area contributed by atoms with Gasteiger partial charge in [0.15, 0.2) is 0 Å². The fourth-order valence-electron chi connectivity index (χ4n) is 1.87. The molecule has 0 saturated heterocycles. The Labute approximate surface area is 124 Å². The molecule has 106 valence electrons. The molecule has 2 unspecified atom stereocenters. The Morgan fingerprint density at radius 3 is 2.79 bits per heavy atom. The first-order chi connectivity index (χ1) is 9.06. The molecule has 0 aromatic heterocycles. The number of halogens is 1. The summed E-state index contributed by atoms with van der Waals surface area (Å²) in [6.45, 7) is 5.34. The fraction of sp³-hybridized carbons (Fsp3) is 0.533. The molecular formula is C15H23BrN2O. The first kappa shape index (κ1) is 16.2. The zero-order valence-electron chi connectivity index (χ0n) is 11.7. The Hall–Kier alpha value is -0.870. The third kappa shape index (κ3) is 5.74. The van der Waals surface area contributed by atoms with Gasteiger partial charge in [0.25, 0.3) is 0 Å². The van der Waals surface area contributed by atoms with Gasteiger partial charge >= 0.3 is 0 Å². The van der Waals surface area contributed by atoms with Gasteiger partial charge in [0.1, 0.15) is 0 Å². The molecule has 0 aliphatic rings. The van der Waals surface area contributed by atoms with Gasteiger partial charge in [-0.15, -0.1) is 0 Å². The third-order valence-electron chi connectivity index (χ3n) is 3.26. The van der Waals surface area contributed by atoms with Crippen molar-refractivity contribution >= 4 is 21.8 Å². The molecule has 0 bridgehead atoms. The maximum atomic E-state index is 12.1. The number of hydrogen-bond acceptors (Lipinski definition) is 2. The minimum Gasteiger partial charge on any atom is -0.356 e. The summed E-state index contributed by atoms with van der Waals surface area (Å²) >= 11 is 3.46. The van der Waals surface area contributed by atoms with Crippen molar-refractivity contribution in [3.05, 3.63) is 34.3 Å². The molecule has 0 heterocycles. The van der Waals surface area contributed by atoms with E-state index in [0.29, 0.717) is 19.0 Å². The highest BCUT2D eigenvalue weighted by molar-refractivity contribution is 9.10. The number of amides is 1. The average molecular weight is 327 g/mol. The average Bonchev–Trinajstić information content (AvgIpc) is 2.41. The van der Waals surface area contributed by atoms with E-state index in [1.54, 1.807) is 0 Å². The molecule has 19 heavy (non-hydrogen) atoms. The summed E-state index contributed by atoms with van der Waals surface area (Å²) in [6, 6.07) is 8.12. The summed E-state index contributed by atoms with van der Waals surface area (Å²) in [6.07, 6.45) is 1.62. The van der Waals surface area contributed by atoms with Gasteiger partial charge in [-0.05, 0) is 43.0 Å². The number of rotatable bonds is 7. The predicted molar refractivity (Wildman–Crippen MR) is 82.9 cm³/mol. The van der Waals surface area contributed by atoms with Gasteiger partial charge in [0, 0.05) is 16.9 Å². The minimum absolute atomic E-state index is 0.0271. The highest BCUT2D eigenvalue weighted by Crippen LogP contribution is 2.17. The third-order valence-corrected chi connectivity index (χ3v) is 3.76. The van der Waals surface area contributed by atoms with E-state index in [0.717, 1.165) is 17.3 Å². The van der Waals surface area contributed by atoms with Gasteiger partial charge in [0.05, 0.1) is 0 Å². The Bertz CT molecular complexity index is 409. The van der Waals surface area contributed by atoms with Gasteiger partial charge < -0.3 is 11.1 Å². The van der Waals surface area contributed by atoms with Crippen LogP contribution in [-0.4, -0.2) is 19.0 Å². The number of hydrogen-bond donors (Lipinski definition) is 2. The van der Waals surface area contributed by atoms with E-state index < -0.39 is 0 Å². The normalized spacial score (nSPS) is 13.9. The molecule has 2 atom stereocenters. The highest BCUT2D eigenvalue weighted by atomic mass is 79.9. The molecule has 0 aliphatic heterocycles. The highest BCUT2D eigenvalue weighted by Gasteiger charge is 2.17. The van der Waals surface area contributed by atoms with Crippen LogP contribution < -0.4 is 11.1 Å². The minimum atomic E-state index is 0.0271. The summed E-state index contributed by atoms with van der Waals surface area (Å²) in [4.78, 5) is 12.1. The van der Waals surface area contributed by atoms with E-state index in [4.69, 9.17) is 5.73 Å². The molecule has 0 aliphatic carbocycles. The van der Waals surface area contributed by atoms with E-state index in [1.807, 2.05) is 19.1 Å². The van der Waals surface area contributed by atoms with Crippen LogP contribution >= 0.6 is 15.9 Å². The maximum Gasteiger partial charge on any atom is 0.223 e. The SMILES string of the molecule is CCC(Cc1cccc(Br)c1)C(=O)NCC(C)CN. The monoisotopic (exact) mass is 326 g/mol. The Morgan fingerprint density at radius 1 is 1.47 bits per heavy atom. The van der Waals surface area contributed by atoms with E-state index in [2.05, 4.69) is 40.3 Å². The van der Waals surface area contributed by atoms with Crippen LogP contribution in [0, 0.1) is 11.8 Å². The molecule has 0 radical (unpaired) electrons. The molecule has 0 fully saturated rings. The first-order valence-electron chi connectivity index (χ1n) is 6.79. The Kier molecular flexibility index (Phi) is 7.10.